The Hall–Kier alpha value is -4.75. The number of benzene rings is 3. The number of anilines is 2. The van der Waals surface area contributed by atoms with Crippen LogP contribution in [0.1, 0.15) is 21.9 Å². The molecule has 0 aliphatic carbocycles. The number of hydrogen-bond donors (Lipinski definition) is 1. The minimum Gasteiger partial charge on any atom is -0.497 e. The van der Waals surface area contributed by atoms with Crippen LogP contribution >= 0.6 is 23.1 Å². The Morgan fingerprint density at radius 3 is 2.28 bits per heavy atom. The molecule has 0 saturated carbocycles. The summed E-state index contributed by atoms with van der Waals surface area (Å²) in [7, 11) is 1.54. The average molecular weight is 617 g/mol. The summed E-state index contributed by atoms with van der Waals surface area (Å²) < 4.78 is 6.65. The predicted octanol–water partition coefficient (Wildman–Crippen LogP) is 4.57. The lowest BCUT2D eigenvalue weighted by Crippen LogP contribution is -2.33. The number of hydrogen-bond acceptors (Lipinski definition) is 9. The van der Waals surface area contributed by atoms with E-state index in [4.69, 9.17) is 4.74 Å². The van der Waals surface area contributed by atoms with Gasteiger partial charge in [0, 0.05) is 28.6 Å². The van der Waals surface area contributed by atoms with Crippen LogP contribution in [-0.4, -0.2) is 39.6 Å². The van der Waals surface area contributed by atoms with E-state index in [2.05, 4.69) is 5.32 Å². The predicted molar refractivity (Wildman–Crippen MR) is 162 cm³/mol. The monoisotopic (exact) mass is 616 g/mol. The molecular formula is C30H24N4O7S2. The van der Waals surface area contributed by atoms with Crippen molar-refractivity contribution in [3.63, 3.8) is 0 Å². The minimum absolute atomic E-state index is 0.166. The molecule has 0 radical (unpaired) electrons. The second-order valence-electron chi connectivity index (χ2n) is 10.1. The molecule has 3 amide bonds. The van der Waals surface area contributed by atoms with E-state index >= 15 is 0 Å². The zero-order valence-corrected chi connectivity index (χ0v) is 24.5. The van der Waals surface area contributed by atoms with E-state index in [-0.39, 0.29) is 22.8 Å². The summed E-state index contributed by atoms with van der Waals surface area (Å²) in [4.78, 5) is 66.0. The number of thioether (sulfide) groups is 1. The number of nitro benzene ring substituents is 1. The van der Waals surface area contributed by atoms with Gasteiger partial charge in [-0.2, -0.15) is 0 Å². The van der Waals surface area contributed by atoms with Gasteiger partial charge in [0.05, 0.1) is 28.7 Å². The molecule has 6 rings (SSSR count). The number of aryl methyl sites for hydroxylation is 1. The third kappa shape index (κ3) is 5.10. The molecule has 4 aromatic rings. The van der Waals surface area contributed by atoms with Crippen molar-refractivity contribution >= 4 is 57.9 Å². The summed E-state index contributed by atoms with van der Waals surface area (Å²) in [6, 6.07) is 19.6. The van der Waals surface area contributed by atoms with Gasteiger partial charge in [0.25, 0.3) is 5.69 Å². The number of ether oxygens (including phenoxy) is 1. The maximum atomic E-state index is 14.0. The van der Waals surface area contributed by atoms with Gasteiger partial charge in [0.2, 0.25) is 17.7 Å². The van der Waals surface area contributed by atoms with Crippen LogP contribution < -0.4 is 19.8 Å². The van der Waals surface area contributed by atoms with Gasteiger partial charge in [-0.3, -0.25) is 33.9 Å². The van der Waals surface area contributed by atoms with E-state index in [1.165, 1.54) is 35.9 Å². The molecule has 218 valence electrons. The van der Waals surface area contributed by atoms with Crippen LogP contribution in [0.3, 0.4) is 0 Å². The second-order valence-corrected chi connectivity index (χ2v) is 12.3. The van der Waals surface area contributed by atoms with Crippen molar-refractivity contribution in [1.29, 1.82) is 0 Å². The number of thiazole rings is 1. The first-order valence-corrected chi connectivity index (χ1v) is 14.9. The third-order valence-corrected chi connectivity index (χ3v) is 10.1. The Bertz CT molecular complexity index is 1820. The normalized spacial score (nSPS) is 19.1. The SMILES string of the molecule is COc1ccc(C2c3sc(=O)n(CC(=O)Nc4ccc(C)cc4)c3SC3C(=O)N(c4ccc([N+](=O)[O-])cc4)C(=O)C32)cc1. The fourth-order valence-corrected chi connectivity index (χ4v) is 8.16. The van der Waals surface area contributed by atoms with E-state index < -0.39 is 39.7 Å². The van der Waals surface area contributed by atoms with E-state index in [0.717, 1.165) is 33.6 Å². The number of carbonyl (C=O) groups excluding carboxylic acids is 3. The lowest BCUT2D eigenvalue weighted by Gasteiger charge is -2.30. The van der Waals surface area contributed by atoms with Gasteiger partial charge in [-0.05, 0) is 48.9 Å². The fourth-order valence-electron chi connectivity index (χ4n) is 5.38. The van der Waals surface area contributed by atoms with Crippen LogP contribution in [0, 0.1) is 23.0 Å². The zero-order valence-electron chi connectivity index (χ0n) is 22.9. The molecule has 13 heteroatoms. The Balaban J connectivity index is 1.39. The summed E-state index contributed by atoms with van der Waals surface area (Å²) in [6.07, 6.45) is 0. The van der Waals surface area contributed by atoms with Gasteiger partial charge in [-0.25, -0.2) is 4.90 Å². The molecule has 1 saturated heterocycles. The molecule has 11 nitrogen and oxygen atoms in total. The van der Waals surface area contributed by atoms with Crippen molar-refractivity contribution in [2.75, 3.05) is 17.3 Å². The highest BCUT2D eigenvalue weighted by Gasteiger charge is 2.56. The lowest BCUT2D eigenvalue weighted by atomic mass is 9.83. The molecule has 1 fully saturated rings. The first-order valence-electron chi connectivity index (χ1n) is 13.2. The molecule has 0 spiro atoms. The highest BCUT2D eigenvalue weighted by atomic mass is 32.2. The molecule has 3 aromatic carbocycles. The maximum absolute atomic E-state index is 14.0. The van der Waals surface area contributed by atoms with Gasteiger partial charge in [0.15, 0.2) is 0 Å². The molecule has 3 atom stereocenters. The van der Waals surface area contributed by atoms with Crippen molar-refractivity contribution in [2.45, 2.75) is 29.7 Å². The summed E-state index contributed by atoms with van der Waals surface area (Å²) in [6.45, 7) is 1.66. The van der Waals surface area contributed by atoms with E-state index in [9.17, 15) is 29.3 Å². The molecule has 1 aromatic heterocycles. The molecule has 43 heavy (non-hydrogen) atoms. The molecule has 3 heterocycles. The zero-order chi connectivity index (χ0) is 30.4. The quantitative estimate of drug-likeness (QED) is 0.181. The summed E-state index contributed by atoms with van der Waals surface area (Å²) in [5, 5.41) is 13.5. The number of methoxy groups -OCH3 is 1. The Morgan fingerprint density at radius 2 is 1.65 bits per heavy atom. The average Bonchev–Trinajstić information content (AvgIpc) is 3.44. The standard InChI is InChI=1S/C30H24N4O7S2/c1-16-3-7-18(8-4-16)31-22(35)15-32-29-26(43-30(32)38)23(17-5-13-21(41-2)14-6-17)24-25(42-29)28(37)33(27(24)36)19-9-11-20(12-10-19)34(39)40/h3-14,23-25H,15H2,1-2H3,(H,31,35). The number of fused-ring (bicyclic) bond motifs is 2. The van der Waals surface area contributed by atoms with Crippen LogP contribution in [-0.2, 0) is 20.9 Å². The van der Waals surface area contributed by atoms with Crippen LogP contribution in [0.25, 0.3) is 0 Å². The summed E-state index contributed by atoms with van der Waals surface area (Å²) in [5.41, 5.74) is 2.40. The Labute approximate surface area is 253 Å². The number of non-ortho nitro benzene ring substituents is 1. The van der Waals surface area contributed by atoms with Crippen molar-refractivity contribution in [3.05, 3.63) is 109 Å². The molecule has 3 unspecified atom stereocenters. The summed E-state index contributed by atoms with van der Waals surface area (Å²) in [5.74, 6) is -2.26. The van der Waals surface area contributed by atoms with Gasteiger partial charge < -0.3 is 10.1 Å². The number of aromatic nitrogens is 1. The highest BCUT2D eigenvalue weighted by molar-refractivity contribution is 8.00. The number of amides is 3. The number of nitrogens with zero attached hydrogens (tertiary/aromatic N) is 3. The van der Waals surface area contributed by atoms with Crippen LogP contribution in [0.4, 0.5) is 17.1 Å². The van der Waals surface area contributed by atoms with E-state index in [1.807, 2.05) is 19.1 Å². The molecule has 2 aliphatic rings. The highest BCUT2D eigenvalue weighted by Crippen LogP contribution is 2.54. The largest absolute Gasteiger partial charge is 0.497 e. The third-order valence-electron chi connectivity index (χ3n) is 7.48. The Morgan fingerprint density at radius 1 is 0.977 bits per heavy atom. The lowest BCUT2D eigenvalue weighted by molar-refractivity contribution is -0.384. The molecular weight excluding hydrogens is 592 g/mol. The van der Waals surface area contributed by atoms with Crippen molar-refractivity contribution in [1.82, 2.24) is 4.57 Å². The molecule has 2 aliphatic heterocycles. The second kappa shape index (κ2) is 11.2. The van der Waals surface area contributed by atoms with Gasteiger partial charge in [0.1, 0.15) is 17.5 Å². The maximum Gasteiger partial charge on any atom is 0.308 e. The van der Waals surface area contributed by atoms with Crippen LogP contribution in [0.15, 0.2) is 82.6 Å². The smallest absolute Gasteiger partial charge is 0.308 e. The Kier molecular flexibility index (Phi) is 7.36. The van der Waals surface area contributed by atoms with Gasteiger partial charge in [-0.1, -0.05) is 52.9 Å². The first kappa shape index (κ1) is 28.4. The summed E-state index contributed by atoms with van der Waals surface area (Å²) >= 11 is 2.05. The van der Waals surface area contributed by atoms with Crippen molar-refractivity contribution in [2.24, 2.45) is 5.92 Å². The van der Waals surface area contributed by atoms with E-state index in [1.54, 1.807) is 36.4 Å². The fraction of sp³-hybridized carbons (Fsp3) is 0.200. The minimum atomic E-state index is -0.886. The number of imide groups is 1. The first-order chi connectivity index (χ1) is 20.7. The van der Waals surface area contributed by atoms with Gasteiger partial charge in [-0.15, -0.1) is 0 Å². The topological polar surface area (TPSA) is 141 Å². The number of nitro groups is 1. The number of nitrogens with one attached hydrogen (secondary N) is 1. The van der Waals surface area contributed by atoms with Crippen molar-refractivity contribution < 1.29 is 24.0 Å². The van der Waals surface area contributed by atoms with Gasteiger partial charge >= 0.3 is 4.87 Å². The number of carbonyl (C=O) groups is 3. The molecule has 0 bridgehead atoms. The van der Waals surface area contributed by atoms with E-state index in [0.29, 0.717) is 26.9 Å². The van der Waals surface area contributed by atoms with Crippen LogP contribution in [0.2, 0.25) is 0 Å². The van der Waals surface area contributed by atoms with Crippen LogP contribution in [0.5, 0.6) is 5.75 Å². The van der Waals surface area contributed by atoms with Crippen molar-refractivity contribution in [3.8, 4) is 5.75 Å². The molecule has 1 N–H and O–H groups in total. The number of rotatable bonds is 7.